The molecule has 1 aliphatic carbocycles. The van der Waals surface area contributed by atoms with E-state index in [0.717, 1.165) is 5.71 Å². The molecule has 0 saturated carbocycles. The molecule has 0 amide bonds. The Morgan fingerprint density at radius 3 is 2.75 bits per heavy atom. The minimum absolute atomic E-state index is 0. The van der Waals surface area contributed by atoms with Crippen LogP contribution >= 0.6 is 12.6 Å². The molecule has 1 aliphatic heterocycles. The molecule has 0 aromatic rings. The summed E-state index contributed by atoms with van der Waals surface area (Å²) in [7, 11) is 0. The van der Waals surface area contributed by atoms with Crippen molar-refractivity contribution >= 4 is 24.7 Å². The van der Waals surface area contributed by atoms with Crippen molar-refractivity contribution in [1.29, 1.82) is 0 Å². The molecule has 0 fully saturated rings. The van der Waals surface area contributed by atoms with Gasteiger partial charge >= 0.3 is 0 Å². The molecule has 2 nitrogen and oxygen atoms in total. The number of thiol groups is 1. The number of nitrogens with zero attached hydrogens (tertiary/aromatic N) is 2. The third-order valence-electron chi connectivity index (χ3n) is 1.41. The van der Waals surface area contributed by atoms with Gasteiger partial charge in [-0.25, -0.2) is 4.99 Å². The summed E-state index contributed by atoms with van der Waals surface area (Å²) < 4.78 is 0. The van der Waals surface area contributed by atoms with Crippen LogP contribution in [-0.4, -0.2) is 18.1 Å². The summed E-state index contributed by atoms with van der Waals surface area (Å²) in [5.41, 5.74) is 1.05. The number of hydrogen-bond acceptors (Lipinski definition) is 3. The second kappa shape index (κ2) is 6.32. The van der Waals surface area contributed by atoms with Crippen LogP contribution in [-0.2, 0) is 19.5 Å². The van der Waals surface area contributed by atoms with Crippen molar-refractivity contribution in [2.24, 2.45) is 9.98 Å². The molecule has 0 saturated heterocycles. The summed E-state index contributed by atoms with van der Waals surface area (Å²) >= 11 is 3.28. The summed E-state index contributed by atoms with van der Waals surface area (Å²) in [5.74, 6) is 0. The van der Waals surface area contributed by atoms with Crippen LogP contribution in [0.3, 0.4) is 0 Å². The number of fused-ring (bicyclic) bond motifs is 1. The fourth-order valence-corrected chi connectivity index (χ4v) is 0.938. The van der Waals surface area contributed by atoms with Gasteiger partial charge in [-0.05, 0) is 6.08 Å². The summed E-state index contributed by atoms with van der Waals surface area (Å²) in [4.78, 5) is 8.14. The van der Waals surface area contributed by atoms with Crippen LogP contribution in [0.4, 0.5) is 0 Å². The first-order chi connectivity index (χ1) is 5.47. The molecule has 0 aromatic heterocycles. The predicted octanol–water partition coefficient (Wildman–Crippen LogP) is 1.67. The SMILES string of the molecule is C1=CC2=NC=NC2C=C1.[CH2-]S.[Zn]. The van der Waals surface area contributed by atoms with Crippen LogP contribution in [0, 0.1) is 6.26 Å². The first-order valence-electron chi connectivity index (χ1n) is 3.23. The Morgan fingerprint density at radius 1 is 1.33 bits per heavy atom. The Kier molecular flexibility index (Phi) is 6.22. The molecule has 1 atom stereocenters. The van der Waals surface area contributed by atoms with Gasteiger partial charge in [0.05, 0.1) is 5.71 Å². The molecule has 2 rings (SSSR count). The zero-order valence-electron chi connectivity index (χ0n) is 6.72. The summed E-state index contributed by atoms with van der Waals surface area (Å²) in [6, 6.07) is 0.218. The Balaban J connectivity index is 0.000000378. The number of allylic oxidation sites excluding steroid dienone is 2. The van der Waals surface area contributed by atoms with Crippen LogP contribution < -0.4 is 0 Å². The first kappa shape index (κ1) is 11.8. The van der Waals surface area contributed by atoms with E-state index in [1.807, 2.05) is 24.3 Å². The molecule has 1 heterocycles. The van der Waals surface area contributed by atoms with E-state index in [9.17, 15) is 0 Å². The Morgan fingerprint density at radius 2 is 2.08 bits per heavy atom. The van der Waals surface area contributed by atoms with Gasteiger partial charge in [0.2, 0.25) is 0 Å². The average Bonchev–Trinajstić information content (AvgIpc) is 2.55. The second-order valence-corrected chi connectivity index (χ2v) is 2.01. The number of hydrogen-bond donors (Lipinski definition) is 1. The van der Waals surface area contributed by atoms with Gasteiger partial charge in [0.25, 0.3) is 0 Å². The van der Waals surface area contributed by atoms with Crippen molar-refractivity contribution < 1.29 is 19.5 Å². The Labute approximate surface area is 90.7 Å². The zero-order chi connectivity index (χ0) is 8.10. The summed E-state index contributed by atoms with van der Waals surface area (Å²) in [6.07, 6.45) is 12.5. The fraction of sp³-hybridized carbons (Fsp3) is 0.125. The van der Waals surface area contributed by atoms with E-state index in [1.165, 1.54) is 0 Å². The van der Waals surface area contributed by atoms with Crippen LogP contribution in [0.2, 0.25) is 0 Å². The van der Waals surface area contributed by atoms with Crippen LogP contribution in [0.1, 0.15) is 0 Å². The predicted molar refractivity (Wildman–Crippen MR) is 52.3 cm³/mol. The summed E-state index contributed by atoms with van der Waals surface area (Å²) in [6.45, 7) is 0. The van der Waals surface area contributed by atoms with Gasteiger partial charge in [0.1, 0.15) is 12.4 Å². The number of aliphatic imine (C=N–C) groups is 2. The van der Waals surface area contributed by atoms with Crippen molar-refractivity contribution in [3.05, 3.63) is 30.6 Å². The van der Waals surface area contributed by atoms with E-state index in [1.54, 1.807) is 6.34 Å². The van der Waals surface area contributed by atoms with Crippen LogP contribution in [0.15, 0.2) is 34.3 Å². The molecule has 0 radical (unpaired) electrons. The number of rotatable bonds is 0. The largest absolute Gasteiger partial charge is 0.372 e. The second-order valence-electron chi connectivity index (χ2n) is 2.01. The molecule has 2 aliphatic rings. The van der Waals surface area contributed by atoms with E-state index < -0.39 is 0 Å². The smallest absolute Gasteiger partial charge is 0.112 e. The van der Waals surface area contributed by atoms with Crippen molar-refractivity contribution in [3.8, 4) is 0 Å². The van der Waals surface area contributed by atoms with Gasteiger partial charge in [-0.2, -0.15) is 0 Å². The normalized spacial score (nSPS) is 21.8. The van der Waals surface area contributed by atoms with Crippen molar-refractivity contribution in [2.45, 2.75) is 6.04 Å². The third-order valence-corrected chi connectivity index (χ3v) is 1.41. The van der Waals surface area contributed by atoms with Crippen molar-refractivity contribution in [2.75, 3.05) is 0 Å². The zero-order valence-corrected chi connectivity index (χ0v) is 10.6. The van der Waals surface area contributed by atoms with Gasteiger partial charge in [-0.15, -0.1) is 0 Å². The first-order valence-corrected chi connectivity index (χ1v) is 3.86. The maximum atomic E-state index is 4.09. The van der Waals surface area contributed by atoms with E-state index in [2.05, 4.69) is 28.9 Å². The van der Waals surface area contributed by atoms with Crippen molar-refractivity contribution in [1.82, 2.24) is 0 Å². The standard InChI is InChI=1S/C7H6N2.CH3S.Zn/c1-2-4-7-6(3-1)8-5-9-7;1-2;/h1-6H;2H,1H2;/q;-1;. The summed E-state index contributed by atoms with van der Waals surface area (Å²) in [5, 5.41) is 0. The molecule has 0 aromatic carbocycles. The van der Waals surface area contributed by atoms with Gasteiger partial charge in [0, 0.05) is 19.5 Å². The average molecular weight is 231 g/mol. The molecular weight excluding hydrogens is 222 g/mol. The fourth-order valence-electron chi connectivity index (χ4n) is 0.938. The molecule has 0 spiro atoms. The topological polar surface area (TPSA) is 24.7 Å². The van der Waals surface area contributed by atoms with Crippen LogP contribution in [0.25, 0.3) is 0 Å². The minimum Gasteiger partial charge on any atom is -0.372 e. The Hall–Kier alpha value is -0.207. The van der Waals surface area contributed by atoms with Crippen molar-refractivity contribution in [3.63, 3.8) is 0 Å². The van der Waals surface area contributed by atoms with Gasteiger partial charge in [-0.3, -0.25) is 11.2 Å². The van der Waals surface area contributed by atoms with Gasteiger partial charge in [0.15, 0.2) is 0 Å². The monoisotopic (exact) mass is 229 g/mol. The third kappa shape index (κ3) is 2.69. The van der Waals surface area contributed by atoms with Crippen LogP contribution in [0.5, 0.6) is 0 Å². The quantitative estimate of drug-likeness (QED) is 0.372. The molecule has 60 valence electrons. The molecular formula is C8H9N2SZn-. The maximum Gasteiger partial charge on any atom is 0.112 e. The molecule has 0 N–H and O–H groups in total. The van der Waals surface area contributed by atoms with E-state index >= 15 is 0 Å². The van der Waals surface area contributed by atoms with E-state index in [0.29, 0.717) is 0 Å². The maximum absolute atomic E-state index is 4.09. The molecule has 4 heteroatoms. The molecule has 12 heavy (non-hydrogen) atoms. The van der Waals surface area contributed by atoms with E-state index in [4.69, 9.17) is 0 Å². The van der Waals surface area contributed by atoms with Gasteiger partial charge in [-0.1, -0.05) is 18.2 Å². The minimum atomic E-state index is 0. The Bertz CT molecular complexity index is 243. The molecule has 0 bridgehead atoms. The van der Waals surface area contributed by atoms with Gasteiger partial charge < -0.3 is 12.6 Å². The van der Waals surface area contributed by atoms with E-state index in [-0.39, 0.29) is 25.5 Å². The molecule has 1 unspecified atom stereocenters.